The number of amides is 2. The van der Waals surface area contributed by atoms with E-state index in [9.17, 15) is 14.4 Å². The normalized spacial score (nSPS) is 13.9. The second kappa shape index (κ2) is 12.8. The summed E-state index contributed by atoms with van der Waals surface area (Å²) in [4.78, 5) is 40.5. The fraction of sp³-hybridized carbons (Fsp3) is 0.400. The number of fused-ring (bicyclic) bond motifs is 3. The molecule has 0 aliphatic heterocycles. The zero-order valence-corrected chi connectivity index (χ0v) is 19.7. The average Bonchev–Trinajstić information content (AvgIpc) is 3.17. The third-order valence-corrected chi connectivity index (χ3v) is 5.54. The lowest BCUT2D eigenvalue weighted by molar-refractivity contribution is -0.165. The number of hydrogen-bond acceptors (Lipinski definition) is 7. The molecular formula is C25H30N2O8. The molecule has 2 aromatic rings. The van der Waals surface area contributed by atoms with Crippen LogP contribution in [-0.2, 0) is 28.6 Å². The number of hydrogen-bond donors (Lipinski definition) is 3. The summed E-state index contributed by atoms with van der Waals surface area (Å²) in [6, 6.07) is 16.1. The standard InChI is InChI=1S/C25H30N2O8/c1-3-33-16(12-23(28)27-35-22(15-32-2)24(29)30)13-26-25(31)34-14-21-19-10-6-4-8-17(19)18-9-5-7-11-20(18)21/h4-11,16,21-22H,3,12-15H2,1-2H3,(H,26,31)(H,27,28)(H,29,30). The van der Waals surface area contributed by atoms with Gasteiger partial charge in [-0.2, -0.15) is 0 Å². The Morgan fingerprint density at radius 1 is 1.03 bits per heavy atom. The maximum atomic E-state index is 12.4. The molecule has 2 atom stereocenters. The van der Waals surface area contributed by atoms with Crippen molar-refractivity contribution in [3.05, 3.63) is 59.7 Å². The fourth-order valence-electron chi connectivity index (χ4n) is 3.96. The molecule has 10 nitrogen and oxygen atoms in total. The van der Waals surface area contributed by atoms with E-state index in [1.165, 1.54) is 7.11 Å². The number of nitrogens with one attached hydrogen (secondary N) is 2. The summed E-state index contributed by atoms with van der Waals surface area (Å²) >= 11 is 0. The molecule has 0 radical (unpaired) electrons. The van der Waals surface area contributed by atoms with E-state index in [4.69, 9.17) is 24.2 Å². The third-order valence-electron chi connectivity index (χ3n) is 5.54. The van der Waals surface area contributed by atoms with Gasteiger partial charge >= 0.3 is 12.1 Å². The van der Waals surface area contributed by atoms with Crippen LogP contribution in [0.4, 0.5) is 4.79 Å². The van der Waals surface area contributed by atoms with Crippen LogP contribution in [0.15, 0.2) is 48.5 Å². The van der Waals surface area contributed by atoms with Gasteiger partial charge in [-0.25, -0.2) is 15.1 Å². The number of hydroxylamine groups is 1. The highest BCUT2D eigenvalue weighted by Crippen LogP contribution is 2.44. The lowest BCUT2D eigenvalue weighted by Crippen LogP contribution is -2.41. The Kier molecular flexibility index (Phi) is 9.59. The number of rotatable bonds is 13. The highest BCUT2D eigenvalue weighted by Gasteiger charge is 2.29. The molecule has 1 aliphatic rings. The first-order valence-electron chi connectivity index (χ1n) is 11.3. The highest BCUT2D eigenvalue weighted by molar-refractivity contribution is 5.79. The predicted octanol–water partition coefficient (Wildman–Crippen LogP) is 2.47. The minimum Gasteiger partial charge on any atom is -0.479 e. The van der Waals surface area contributed by atoms with Crippen LogP contribution in [0.3, 0.4) is 0 Å². The van der Waals surface area contributed by atoms with E-state index >= 15 is 0 Å². The number of carbonyl (C=O) groups excluding carboxylic acids is 2. The average molecular weight is 487 g/mol. The molecule has 10 heteroatoms. The quantitative estimate of drug-likeness (QED) is 0.368. The van der Waals surface area contributed by atoms with Gasteiger partial charge in [0.25, 0.3) is 0 Å². The van der Waals surface area contributed by atoms with Crippen LogP contribution >= 0.6 is 0 Å². The zero-order valence-electron chi connectivity index (χ0n) is 19.7. The second-order valence-corrected chi connectivity index (χ2v) is 7.91. The Balaban J connectivity index is 1.48. The number of ether oxygens (including phenoxy) is 3. The summed E-state index contributed by atoms with van der Waals surface area (Å²) in [7, 11) is 1.32. The van der Waals surface area contributed by atoms with Gasteiger partial charge in [-0.3, -0.25) is 9.63 Å². The fourth-order valence-corrected chi connectivity index (χ4v) is 3.96. The molecule has 0 spiro atoms. The first-order valence-corrected chi connectivity index (χ1v) is 11.3. The molecule has 35 heavy (non-hydrogen) atoms. The van der Waals surface area contributed by atoms with E-state index in [1.807, 2.05) is 36.4 Å². The summed E-state index contributed by atoms with van der Waals surface area (Å²) in [6.45, 7) is 2.04. The molecule has 2 amide bonds. The van der Waals surface area contributed by atoms with Crippen LogP contribution in [-0.4, -0.2) is 68.8 Å². The van der Waals surface area contributed by atoms with Gasteiger partial charge in [0.1, 0.15) is 6.61 Å². The van der Waals surface area contributed by atoms with Gasteiger partial charge in [0.2, 0.25) is 12.0 Å². The molecule has 0 aromatic heterocycles. The summed E-state index contributed by atoms with van der Waals surface area (Å²) in [5, 5.41) is 11.7. The maximum absolute atomic E-state index is 12.4. The van der Waals surface area contributed by atoms with Crippen LogP contribution in [0.5, 0.6) is 0 Å². The van der Waals surface area contributed by atoms with Crippen LogP contribution in [0.1, 0.15) is 30.4 Å². The van der Waals surface area contributed by atoms with Crippen LogP contribution in [0, 0.1) is 0 Å². The van der Waals surface area contributed by atoms with Crippen molar-refractivity contribution in [2.75, 3.05) is 33.5 Å². The van der Waals surface area contributed by atoms with E-state index in [0.717, 1.165) is 22.3 Å². The Morgan fingerprint density at radius 3 is 2.23 bits per heavy atom. The number of alkyl carbamates (subject to hydrolysis) is 1. The Bertz CT molecular complexity index is 983. The number of carboxylic acid groups (broad SMARTS) is 1. The predicted molar refractivity (Wildman–Crippen MR) is 126 cm³/mol. The molecule has 0 heterocycles. The van der Waals surface area contributed by atoms with Crippen molar-refractivity contribution in [1.82, 2.24) is 10.8 Å². The summed E-state index contributed by atoms with van der Waals surface area (Å²) in [6.07, 6.45) is -2.78. The van der Waals surface area contributed by atoms with E-state index in [-0.39, 0.29) is 32.1 Å². The van der Waals surface area contributed by atoms with Crippen molar-refractivity contribution in [3.8, 4) is 11.1 Å². The molecule has 2 aromatic carbocycles. The van der Waals surface area contributed by atoms with E-state index in [0.29, 0.717) is 6.61 Å². The number of aliphatic carboxylic acids is 1. The SMILES string of the molecule is CCOC(CNC(=O)OCC1c2ccccc2-c2ccccc21)CC(=O)NOC(COC)C(=O)O. The number of carbonyl (C=O) groups is 3. The van der Waals surface area contributed by atoms with Crippen molar-refractivity contribution in [2.24, 2.45) is 0 Å². The van der Waals surface area contributed by atoms with Crippen LogP contribution in [0.2, 0.25) is 0 Å². The van der Waals surface area contributed by atoms with E-state index in [1.54, 1.807) is 6.92 Å². The highest BCUT2D eigenvalue weighted by atomic mass is 16.7. The smallest absolute Gasteiger partial charge is 0.407 e. The Morgan fingerprint density at radius 2 is 1.66 bits per heavy atom. The zero-order chi connectivity index (χ0) is 25.2. The number of benzene rings is 2. The maximum Gasteiger partial charge on any atom is 0.407 e. The van der Waals surface area contributed by atoms with E-state index < -0.39 is 30.2 Å². The summed E-state index contributed by atoms with van der Waals surface area (Å²) in [5.41, 5.74) is 6.58. The lowest BCUT2D eigenvalue weighted by atomic mass is 9.98. The molecule has 0 bridgehead atoms. The first kappa shape index (κ1) is 26.1. The van der Waals surface area contributed by atoms with Gasteiger partial charge in [0, 0.05) is 26.2 Å². The topological polar surface area (TPSA) is 132 Å². The van der Waals surface area contributed by atoms with Crippen molar-refractivity contribution in [3.63, 3.8) is 0 Å². The molecule has 188 valence electrons. The van der Waals surface area contributed by atoms with Crippen molar-refractivity contribution < 1.29 is 38.5 Å². The Labute approximate surface area is 203 Å². The van der Waals surface area contributed by atoms with Crippen molar-refractivity contribution >= 4 is 18.0 Å². The largest absolute Gasteiger partial charge is 0.479 e. The summed E-state index contributed by atoms with van der Waals surface area (Å²) < 4.78 is 15.7. The molecule has 3 rings (SSSR count). The molecule has 3 N–H and O–H groups in total. The first-order chi connectivity index (χ1) is 16.9. The minimum absolute atomic E-state index is 0.0262. The number of carboxylic acids is 1. The van der Waals surface area contributed by atoms with Gasteiger partial charge < -0.3 is 24.6 Å². The molecular weight excluding hydrogens is 456 g/mol. The molecule has 2 unspecified atom stereocenters. The monoisotopic (exact) mass is 486 g/mol. The van der Waals surface area contributed by atoms with Crippen LogP contribution < -0.4 is 10.8 Å². The van der Waals surface area contributed by atoms with Crippen molar-refractivity contribution in [2.45, 2.75) is 31.5 Å². The lowest BCUT2D eigenvalue weighted by Gasteiger charge is -2.19. The summed E-state index contributed by atoms with van der Waals surface area (Å²) in [5.74, 6) is -1.93. The minimum atomic E-state index is -1.34. The molecule has 0 fully saturated rings. The van der Waals surface area contributed by atoms with Gasteiger partial charge in [-0.15, -0.1) is 0 Å². The Hall–Kier alpha value is -3.47. The van der Waals surface area contributed by atoms with Gasteiger partial charge in [0.05, 0.1) is 19.1 Å². The van der Waals surface area contributed by atoms with Gasteiger partial charge in [-0.05, 0) is 29.2 Å². The second-order valence-electron chi connectivity index (χ2n) is 7.91. The third kappa shape index (κ3) is 7.01. The molecule has 1 aliphatic carbocycles. The molecule has 0 saturated carbocycles. The van der Waals surface area contributed by atoms with Crippen LogP contribution in [0.25, 0.3) is 11.1 Å². The van der Waals surface area contributed by atoms with Gasteiger partial charge in [-0.1, -0.05) is 48.5 Å². The molecule has 0 saturated heterocycles. The van der Waals surface area contributed by atoms with Crippen molar-refractivity contribution in [1.29, 1.82) is 0 Å². The van der Waals surface area contributed by atoms with E-state index in [2.05, 4.69) is 22.9 Å². The number of methoxy groups -OCH3 is 1. The van der Waals surface area contributed by atoms with Gasteiger partial charge in [0.15, 0.2) is 0 Å².